The van der Waals surface area contributed by atoms with Gasteiger partial charge < -0.3 is 14.8 Å². The highest BCUT2D eigenvalue weighted by molar-refractivity contribution is 4.98. The van der Waals surface area contributed by atoms with Crippen molar-refractivity contribution in [1.29, 1.82) is 0 Å². The summed E-state index contributed by atoms with van der Waals surface area (Å²) in [7, 11) is 0. The largest absolute Gasteiger partial charge is 0.333 e. The quantitative estimate of drug-likeness (QED) is 0.820. The fraction of sp³-hybridized carbons (Fsp3) is 0.800. The smallest absolute Gasteiger partial charge is 0.0948 e. The Morgan fingerprint density at radius 1 is 1.32 bits per heavy atom. The summed E-state index contributed by atoms with van der Waals surface area (Å²) in [6, 6.07) is 0.545. The van der Waals surface area contributed by atoms with E-state index in [1.807, 2.05) is 12.5 Å². The minimum Gasteiger partial charge on any atom is -0.333 e. The molecule has 2 heterocycles. The standard InChI is InChI=1S/C15H28N4/c1-3-7-19-13-16-10-15(19)11-17-14(2)12-18-8-5-4-6-9-18/h10,13-14,17H,3-9,11-12H2,1-2H3. The van der Waals surface area contributed by atoms with Crippen LogP contribution in [0.4, 0.5) is 0 Å². The Morgan fingerprint density at radius 2 is 2.11 bits per heavy atom. The maximum atomic E-state index is 4.25. The van der Waals surface area contributed by atoms with Crippen LogP contribution >= 0.6 is 0 Å². The molecule has 4 nitrogen and oxygen atoms in total. The lowest BCUT2D eigenvalue weighted by molar-refractivity contribution is 0.208. The van der Waals surface area contributed by atoms with Crippen LogP contribution in [-0.4, -0.2) is 40.1 Å². The van der Waals surface area contributed by atoms with Gasteiger partial charge in [0.05, 0.1) is 12.0 Å². The van der Waals surface area contributed by atoms with Gasteiger partial charge in [0, 0.05) is 31.9 Å². The van der Waals surface area contributed by atoms with Crippen molar-refractivity contribution in [3.63, 3.8) is 0 Å². The number of likely N-dealkylation sites (tertiary alicyclic amines) is 1. The molecule has 1 aromatic heterocycles. The van der Waals surface area contributed by atoms with Gasteiger partial charge in [0.2, 0.25) is 0 Å². The van der Waals surface area contributed by atoms with Crippen LogP contribution in [-0.2, 0) is 13.1 Å². The van der Waals surface area contributed by atoms with Crippen molar-refractivity contribution in [1.82, 2.24) is 19.8 Å². The van der Waals surface area contributed by atoms with E-state index in [9.17, 15) is 0 Å². The third-order valence-corrected chi connectivity index (χ3v) is 3.88. The van der Waals surface area contributed by atoms with Gasteiger partial charge >= 0.3 is 0 Å². The average molecular weight is 264 g/mol. The molecule has 1 fully saturated rings. The molecule has 1 aliphatic heterocycles. The predicted molar refractivity (Wildman–Crippen MR) is 79.1 cm³/mol. The third kappa shape index (κ3) is 4.62. The van der Waals surface area contributed by atoms with Gasteiger partial charge in [-0.15, -0.1) is 0 Å². The van der Waals surface area contributed by atoms with E-state index in [0.29, 0.717) is 6.04 Å². The predicted octanol–water partition coefficient (Wildman–Crippen LogP) is 2.26. The van der Waals surface area contributed by atoms with Crippen molar-refractivity contribution >= 4 is 0 Å². The lowest BCUT2D eigenvalue weighted by Gasteiger charge is -2.29. The van der Waals surface area contributed by atoms with E-state index in [4.69, 9.17) is 0 Å². The summed E-state index contributed by atoms with van der Waals surface area (Å²) < 4.78 is 2.25. The van der Waals surface area contributed by atoms with Gasteiger partial charge in [-0.25, -0.2) is 4.98 Å². The van der Waals surface area contributed by atoms with Crippen LogP contribution in [0.25, 0.3) is 0 Å². The molecule has 0 aromatic carbocycles. The summed E-state index contributed by atoms with van der Waals surface area (Å²) in [6.07, 6.45) is 9.24. The molecule has 0 spiro atoms. The summed E-state index contributed by atoms with van der Waals surface area (Å²) in [5.74, 6) is 0. The molecule has 1 aromatic rings. The number of piperidine rings is 1. The minimum absolute atomic E-state index is 0.545. The molecular formula is C15H28N4. The molecular weight excluding hydrogens is 236 g/mol. The highest BCUT2D eigenvalue weighted by Crippen LogP contribution is 2.09. The second-order valence-electron chi connectivity index (χ2n) is 5.72. The molecule has 1 unspecified atom stereocenters. The first kappa shape index (κ1) is 14.5. The lowest BCUT2D eigenvalue weighted by Crippen LogP contribution is -2.41. The van der Waals surface area contributed by atoms with Gasteiger partial charge in [-0.3, -0.25) is 0 Å². The SMILES string of the molecule is CCCn1cncc1CNC(C)CN1CCCCC1. The van der Waals surface area contributed by atoms with Gasteiger partial charge in [0.15, 0.2) is 0 Å². The maximum absolute atomic E-state index is 4.25. The molecule has 0 saturated carbocycles. The molecule has 108 valence electrons. The van der Waals surface area contributed by atoms with E-state index < -0.39 is 0 Å². The Hall–Kier alpha value is -0.870. The Kier molecular flexibility index (Phi) is 5.86. The fourth-order valence-corrected chi connectivity index (χ4v) is 2.81. The van der Waals surface area contributed by atoms with Crippen LogP contribution in [0.15, 0.2) is 12.5 Å². The second kappa shape index (κ2) is 7.65. The third-order valence-electron chi connectivity index (χ3n) is 3.88. The molecule has 4 heteroatoms. The van der Waals surface area contributed by atoms with Crippen LogP contribution in [0, 0.1) is 0 Å². The summed E-state index contributed by atoms with van der Waals surface area (Å²) >= 11 is 0. The molecule has 1 atom stereocenters. The number of nitrogens with one attached hydrogen (secondary N) is 1. The Labute approximate surface area is 117 Å². The molecule has 0 amide bonds. The maximum Gasteiger partial charge on any atom is 0.0948 e. The van der Waals surface area contributed by atoms with Gasteiger partial charge in [-0.2, -0.15) is 0 Å². The van der Waals surface area contributed by atoms with Crippen molar-refractivity contribution in [2.24, 2.45) is 0 Å². The van der Waals surface area contributed by atoms with E-state index in [-0.39, 0.29) is 0 Å². The summed E-state index contributed by atoms with van der Waals surface area (Å²) in [6.45, 7) is 10.2. The van der Waals surface area contributed by atoms with Gasteiger partial charge in [-0.05, 0) is 39.3 Å². The van der Waals surface area contributed by atoms with E-state index >= 15 is 0 Å². The van der Waals surface area contributed by atoms with Gasteiger partial charge in [0.25, 0.3) is 0 Å². The molecule has 1 saturated heterocycles. The minimum atomic E-state index is 0.545. The van der Waals surface area contributed by atoms with E-state index in [2.05, 4.69) is 33.6 Å². The number of nitrogens with zero attached hydrogens (tertiary/aromatic N) is 3. The van der Waals surface area contributed by atoms with E-state index in [1.54, 1.807) is 0 Å². The number of aryl methyl sites for hydroxylation is 1. The number of hydrogen-bond acceptors (Lipinski definition) is 3. The first-order valence-electron chi connectivity index (χ1n) is 7.74. The van der Waals surface area contributed by atoms with Crippen molar-refractivity contribution in [3.05, 3.63) is 18.2 Å². The average Bonchev–Trinajstić information content (AvgIpc) is 2.85. The van der Waals surface area contributed by atoms with Crippen LogP contribution in [0.3, 0.4) is 0 Å². The van der Waals surface area contributed by atoms with Crippen LogP contribution < -0.4 is 5.32 Å². The van der Waals surface area contributed by atoms with Gasteiger partial charge in [0.1, 0.15) is 0 Å². The fourth-order valence-electron chi connectivity index (χ4n) is 2.81. The summed E-state index contributed by atoms with van der Waals surface area (Å²) in [5, 5.41) is 3.63. The van der Waals surface area contributed by atoms with Crippen molar-refractivity contribution in [2.45, 2.75) is 58.7 Å². The molecule has 2 rings (SSSR count). The van der Waals surface area contributed by atoms with Crippen LogP contribution in [0.2, 0.25) is 0 Å². The zero-order valence-corrected chi connectivity index (χ0v) is 12.4. The molecule has 1 aliphatic rings. The first-order chi connectivity index (χ1) is 9.29. The summed E-state index contributed by atoms with van der Waals surface area (Å²) in [4.78, 5) is 6.83. The normalized spacial score (nSPS) is 18.6. The highest BCUT2D eigenvalue weighted by atomic mass is 15.2. The van der Waals surface area contributed by atoms with Crippen molar-refractivity contribution in [3.8, 4) is 0 Å². The van der Waals surface area contributed by atoms with Crippen molar-refractivity contribution in [2.75, 3.05) is 19.6 Å². The lowest BCUT2D eigenvalue weighted by atomic mass is 10.1. The van der Waals surface area contributed by atoms with E-state index in [0.717, 1.165) is 19.5 Å². The monoisotopic (exact) mass is 264 g/mol. The summed E-state index contributed by atoms with van der Waals surface area (Å²) in [5.41, 5.74) is 1.30. The number of imidazole rings is 1. The van der Waals surface area contributed by atoms with Crippen molar-refractivity contribution < 1.29 is 0 Å². The highest BCUT2D eigenvalue weighted by Gasteiger charge is 2.13. The Bertz CT molecular complexity index is 355. The Morgan fingerprint density at radius 3 is 2.84 bits per heavy atom. The van der Waals surface area contributed by atoms with Crippen LogP contribution in [0.5, 0.6) is 0 Å². The molecule has 0 bridgehead atoms. The number of hydrogen-bond donors (Lipinski definition) is 1. The number of rotatable bonds is 7. The second-order valence-corrected chi connectivity index (χ2v) is 5.72. The first-order valence-corrected chi connectivity index (χ1v) is 7.74. The van der Waals surface area contributed by atoms with Gasteiger partial charge in [-0.1, -0.05) is 13.3 Å². The molecule has 19 heavy (non-hydrogen) atoms. The molecule has 0 aliphatic carbocycles. The van der Waals surface area contributed by atoms with Crippen LogP contribution in [0.1, 0.15) is 45.2 Å². The molecule has 0 radical (unpaired) electrons. The topological polar surface area (TPSA) is 33.1 Å². The van der Waals surface area contributed by atoms with E-state index in [1.165, 1.54) is 44.6 Å². The number of aromatic nitrogens is 2. The zero-order valence-electron chi connectivity index (χ0n) is 12.4. The molecule has 1 N–H and O–H groups in total. The Balaban J connectivity index is 1.72. The zero-order chi connectivity index (χ0) is 13.5.